The topological polar surface area (TPSA) is 60.7 Å². The van der Waals surface area contributed by atoms with Crippen LogP contribution >= 0.6 is 15.9 Å². The predicted molar refractivity (Wildman–Crippen MR) is 82.9 cm³/mol. The number of hydrogen-bond acceptors (Lipinski definition) is 3. The molecular formula is C16H17BrO3. The van der Waals surface area contributed by atoms with Crippen LogP contribution in [0.15, 0.2) is 40.9 Å². The zero-order valence-corrected chi connectivity index (χ0v) is 12.8. The maximum absolute atomic E-state index is 10.2. The largest absolute Gasteiger partial charge is 0.507 e. The van der Waals surface area contributed by atoms with Gasteiger partial charge in [-0.3, -0.25) is 0 Å². The van der Waals surface area contributed by atoms with Crippen LogP contribution in [0.25, 0.3) is 11.1 Å². The molecule has 0 fully saturated rings. The van der Waals surface area contributed by atoms with Gasteiger partial charge in [-0.1, -0.05) is 30.3 Å². The molecule has 4 heteroatoms. The number of rotatable bonds is 4. The molecule has 1 atom stereocenters. The highest BCUT2D eigenvalue weighted by molar-refractivity contribution is 9.10. The second-order valence-corrected chi connectivity index (χ2v) is 5.63. The lowest BCUT2D eigenvalue weighted by Crippen LogP contribution is -2.03. The van der Waals surface area contributed by atoms with E-state index in [1.54, 1.807) is 6.92 Å². The second kappa shape index (κ2) is 6.29. The van der Waals surface area contributed by atoms with Crippen LogP contribution in [0.5, 0.6) is 11.5 Å². The Hall–Kier alpha value is -1.52. The van der Waals surface area contributed by atoms with Crippen LogP contribution < -0.4 is 0 Å². The zero-order chi connectivity index (χ0) is 14.7. The molecule has 3 N–H and O–H groups in total. The Bertz CT molecular complexity index is 594. The summed E-state index contributed by atoms with van der Waals surface area (Å²) in [5.74, 6) is 0.0419. The SMILES string of the molecule is CC(O)CCc1c(Br)c(O)cc(O)c1-c1ccccc1. The maximum atomic E-state index is 10.2. The van der Waals surface area contributed by atoms with E-state index < -0.39 is 6.10 Å². The van der Waals surface area contributed by atoms with Crippen LogP contribution in [0.2, 0.25) is 0 Å². The smallest absolute Gasteiger partial charge is 0.133 e. The van der Waals surface area contributed by atoms with Gasteiger partial charge in [-0.2, -0.15) is 0 Å². The van der Waals surface area contributed by atoms with Crippen molar-refractivity contribution in [3.63, 3.8) is 0 Å². The molecule has 0 saturated carbocycles. The fourth-order valence-corrected chi connectivity index (χ4v) is 2.71. The van der Waals surface area contributed by atoms with Gasteiger partial charge in [-0.25, -0.2) is 0 Å². The third kappa shape index (κ3) is 3.14. The van der Waals surface area contributed by atoms with Crippen molar-refractivity contribution in [1.29, 1.82) is 0 Å². The molecule has 0 aliphatic heterocycles. The Morgan fingerprint density at radius 1 is 1.10 bits per heavy atom. The van der Waals surface area contributed by atoms with Crippen molar-refractivity contribution in [1.82, 2.24) is 0 Å². The summed E-state index contributed by atoms with van der Waals surface area (Å²) in [4.78, 5) is 0. The van der Waals surface area contributed by atoms with Gasteiger partial charge < -0.3 is 15.3 Å². The highest BCUT2D eigenvalue weighted by Crippen LogP contribution is 2.42. The van der Waals surface area contributed by atoms with Gasteiger partial charge in [0.05, 0.1) is 10.6 Å². The minimum atomic E-state index is -0.435. The van der Waals surface area contributed by atoms with Gasteiger partial charge >= 0.3 is 0 Å². The first kappa shape index (κ1) is 14.9. The fraction of sp³-hybridized carbons (Fsp3) is 0.250. The Kier molecular flexibility index (Phi) is 4.68. The van der Waals surface area contributed by atoms with E-state index >= 15 is 0 Å². The van der Waals surface area contributed by atoms with Crippen molar-refractivity contribution in [2.24, 2.45) is 0 Å². The second-order valence-electron chi connectivity index (χ2n) is 4.84. The van der Waals surface area contributed by atoms with E-state index in [1.807, 2.05) is 30.3 Å². The first-order chi connectivity index (χ1) is 9.50. The van der Waals surface area contributed by atoms with Crippen LogP contribution in [0.4, 0.5) is 0 Å². The van der Waals surface area contributed by atoms with Crippen molar-refractivity contribution < 1.29 is 15.3 Å². The summed E-state index contributed by atoms with van der Waals surface area (Å²) in [7, 11) is 0. The molecule has 3 nitrogen and oxygen atoms in total. The molecule has 0 radical (unpaired) electrons. The molecule has 106 valence electrons. The Labute approximate surface area is 126 Å². The quantitative estimate of drug-likeness (QED) is 0.794. The van der Waals surface area contributed by atoms with Crippen molar-refractivity contribution in [3.8, 4) is 22.6 Å². The monoisotopic (exact) mass is 336 g/mol. The highest BCUT2D eigenvalue weighted by atomic mass is 79.9. The van der Waals surface area contributed by atoms with Gasteiger partial charge in [0.15, 0.2) is 0 Å². The Morgan fingerprint density at radius 3 is 2.35 bits per heavy atom. The summed E-state index contributed by atoms with van der Waals surface area (Å²) >= 11 is 3.37. The minimum absolute atomic E-state index is 0.00257. The number of phenolic OH excluding ortho intramolecular Hbond substituents is 2. The van der Waals surface area contributed by atoms with Crippen molar-refractivity contribution >= 4 is 15.9 Å². The number of benzene rings is 2. The van der Waals surface area contributed by atoms with Gasteiger partial charge in [-0.05, 0) is 46.8 Å². The van der Waals surface area contributed by atoms with E-state index in [2.05, 4.69) is 15.9 Å². The van der Waals surface area contributed by atoms with Crippen molar-refractivity contribution in [2.45, 2.75) is 25.9 Å². The van der Waals surface area contributed by atoms with Crippen LogP contribution in [-0.4, -0.2) is 21.4 Å². The molecule has 0 saturated heterocycles. The summed E-state index contributed by atoms with van der Waals surface area (Å²) in [6, 6.07) is 10.8. The average Bonchev–Trinajstić information content (AvgIpc) is 2.42. The van der Waals surface area contributed by atoms with E-state index in [1.165, 1.54) is 6.07 Å². The molecule has 2 aromatic rings. The molecular weight excluding hydrogens is 320 g/mol. The third-order valence-corrected chi connectivity index (χ3v) is 4.08. The first-order valence-corrected chi connectivity index (χ1v) is 7.26. The summed E-state index contributed by atoms with van der Waals surface area (Å²) in [5.41, 5.74) is 2.37. The van der Waals surface area contributed by atoms with E-state index in [-0.39, 0.29) is 11.5 Å². The van der Waals surface area contributed by atoms with Crippen molar-refractivity contribution in [3.05, 3.63) is 46.4 Å². The Balaban J connectivity index is 2.57. The number of halogens is 1. The molecule has 2 rings (SSSR count). The normalized spacial score (nSPS) is 12.3. The summed E-state index contributed by atoms with van der Waals surface area (Å²) in [5, 5.41) is 29.5. The zero-order valence-electron chi connectivity index (χ0n) is 11.2. The van der Waals surface area contributed by atoms with Crippen LogP contribution in [0.1, 0.15) is 18.9 Å². The molecule has 0 aliphatic rings. The number of aliphatic hydroxyl groups is 1. The molecule has 0 heterocycles. The summed E-state index contributed by atoms with van der Waals surface area (Å²) in [6.07, 6.45) is 0.682. The lowest BCUT2D eigenvalue weighted by Gasteiger charge is -2.16. The summed E-state index contributed by atoms with van der Waals surface area (Å²) in [6.45, 7) is 1.72. The third-order valence-electron chi connectivity index (χ3n) is 3.20. The predicted octanol–water partition coefficient (Wildman–Crippen LogP) is 3.84. The first-order valence-electron chi connectivity index (χ1n) is 6.47. The van der Waals surface area contributed by atoms with E-state index in [0.29, 0.717) is 22.9 Å². The van der Waals surface area contributed by atoms with Gasteiger partial charge in [-0.15, -0.1) is 0 Å². The lowest BCUT2D eigenvalue weighted by molar-refractivity contribution is 0.185. The van der Waals surface area contributed by atoms with Crippen molar-refractivity contribution in [2.75, 3.05) is 0 Å². The average molecular weight is 337 g/mol. The Morgan fingerprint density at radius 2 is 1.75 bits per heavy atom. The lowest BCUT2D eigenvalue weighted by atomic mass is 9.94. The molecule has 0 aromatic heterocycles. The van der Waals surface area contributed by atoms with Crippen LogP contribution in [-0.2, 0) is 6.42 Å². The standard InChI is InChI=1S/C16H17BrO3/c1-10(18)7-8-12-15(11-5-3-2-4-6-11)13(19)9-14(20)16(12)17/h2-6,9-10,18-20H,7-8H2,1H3. The van der Waals surface area contributed by atoms with Crippen LogP contribution in [0.3, 0.4) is 0 Å². The van der Waals surface area contributed by atoms with E-state index in [4.69, 9.17) is 0 Å². The van der Waals surface area contributed by atoms with Crippen LogP contribution in [0, 0.1) is 0 Å². The molecule has 0 spiro atoms. The maximum Gasteiger partial charge on any atom is 0.133 e. The minimum Gasteiger partial charge on any atom is -0.507 e. The molecule has 1 unspecified atom stereocenters. The van der Waals surface area contributed by atoms with E-state index in [0.717, 1.165) is 11.1 Å². The summed E-state index contributed by atoms with van der Waals surface area (Å²) < 4.78 is 0.565. The number of hydrogen-bond donors (Lipinski definition) is 3. The molecule has 0 amide bonds. The highest BCUT2D eigenvalue weighted by Gasteiger charge is 2.17. The van der Waals surface area contributed by atoms with E-state index in [9.17, 15) is 15.3 Å². The number of phenols is 2. The molecule has 0 aliphatic carbocycles. The van der Waals surface area contributed by atoms with Gasteiger partial charge in [0.2, 0.25) is 0 Å². The molecule has 20 heavy (non-hydrogen) atoms. The number of aliphatic hydroxyl groups excluding tert-OH is 1. The number of aromatic hydroxyl groups is 2. The molecule has 2 aromatic carbocycles. The van der Waals surface area contributed by atoms with Gasteiger partial charge in [0, 0.05) is 11.6 Å². The fourth-order valence-electron chi connectivity index (χ4n) is 2.20. The van der Waals surface area contributed by atoms with Gasteiger partial charge in [0.1, 0.15) is 11.5 Å². The van der Waals surface area contributed by atoms with Gasteiger partial charge in [0.25, 0.3) is 0 Å². The molecule has 0 bridgehead atoms.